The molecule has 4 heteroatoms. The van der Waals surface area contributed by atoms with Crippen LogP contribution in [0.15, 0.2) is 11.4 Å². The fourth-order valence-corrected chi connectivity index (χ4v) is 2.36. The zero-order valence-corrected chi connectivity index (χ0v) is 10.2. The van der Waals surface area contributed by atoms with Crippen molar-refractivity contribution in [1.82, 2.24) is 5.32 Å². The van der Waals surface area contributed by atoms with Gasteiger partial charge in [-0.3, -0.25) is 0 Å². The van der Waals surface area contributed by atoms with Gasteiger partial charge in [0.15, 0.2) is 0 Å². The molecule has 0 saturated heterocycles. The lowest BCUT2D eigenvalue weighted by Gasteiger charge is -2.15. The average molecular weight is 227 g/mol. The molecule has 0 saturated carbocycles. The highest BCUT2D eigenvalue weighted by Gasteiger charge is 2.22. The molecule has 3 nitrogen and oxygen atoms in total. The summed E-state index contributed by atoms with van der Waals surface area (Å²) in [5, 5.41) is 5.19. The highest BCUT2D eigenvalue weighted by Crippen LogP contribution is 2.24. The highest BCUT2D eigenvalue weighted by molar-refractivity contribution is 7.10. The van der Waals surface area contributed by atoms with Crippen LogP contribution < -0.4 is 5.32 Å². The number of carbonyl (C=O) groups is 1. The molecule has 0 radical (unpaired) electrons. The van der Waals surface area contributed by atoms with Crippen molar-refractivity contribution in [3.8, 4) is 0 Å². The van der Waals surface area contributed by atoms with Gasteiger partial charge in [0.25, 0.3) is 0 Å². The third-order valence-electron chi connectivity index (χ3n) is 2.20. The van der Waals surface area contributed by atoms with Crippen molar-refractivity contribution in [2.45, 2.75) is 26.3 Å². The van der Waals surface area contributed by atoms with Crippen molar-refractivity contribution in [2.75, 3.05) is 13.7 Å². The first kappa shape index (κ1) is 12.2. The van der Waals surface area contributed by atoms with Crippen molar-refractivity contribution < 1.29 is 9.53 Å². The molecule has 1 heterocycles. The molecule has 1 aromatic rings. The molecule has 1 rings (SSSR count). The molecule has 0 aliphatic rings. The van der Waals surface area contributed by atoms with Gasteiger partial charge >= 0.3 is 5.97 Å². The summed E-state index contributed by atoms with van der Waals surface area (Å²) in [6, 6.07) is 1.71. The number of thiophene rings is 1. The van der Waals surface area contributed by atoms with Crippen molar-refractivity contribution in [3.63, 3.8) is 0 Å². The summed E-state index contributed by atoms with van der Waals surface area (Å²) in [7, 11) is 1.42. The molecule has 1 aromatic heterocycles. The second-order valence-corrected chi connectivity index (χ2v) is 4.33. The Bertz CT molecular complexity index is 322. The summed E-state index contributed by atoms with van der Waals surface area (Å²) >= 11 is 1.59. The third-order valence-corrected chi connectivity index (χ3v) is 3.28. The maximum Gasteiger partial charge on any atom is 0.328 e. The molecule has 1 unspecified atom stereocenters. The first-order valence-electron chi connectivity index (χ1n) is 5.06. The van der Waals surface area contributed by atoms with E-state index >= 15 is 0 Å². The zero-order valence-electron chi connectivity index (χ0n) is 9.37. The monoisotopic (exact) mass is 227 g/mol. The summed E-state index contributed by atoms with van der Waals surface area (Å²) in [6.07, 6.45) is 0.998. The fourth-order valence-electron chi connectivity index (χ4n) is 1.37. The van der Waals surface area contributed by atoms with Crippen LogP contribution in [0.25, 0.3) is 0 Å². The van der Waals surface area contributed by atoms with E-state index in [-0.39, 0.29) is 12.0 Å². The topological polar surface area (TPSA) is 38.3 Å². The zero-order chi connectivity index (χ0) is 11.3. The Kier molecular flexibility index (Phi) is 4.78. The molecule has 1 atom stereocenters. The number of hydrogen-bond acceptors (Lipinski definition) is 4. The van der Waals surface area contributed by atoms with Crippen LogP contribution in [0, 0.1) is 6.92 Å². The number of ether oxygens (including phenoxy) is 1. The van der Waals surface area contributed by atoms with Crippen LogP contribution in [0.4, 0.5) is 0 Å². The third kappa shape index (κ3) is 3.04. The lowest BCUT2D eigenvalue weighted by Crippen LogP contribution is -2.29. The lowest BCUT2D eigenvalue weighted by molar-refractivity contribution is -0.143. The van der Waals surface area contributed by atoms with Gasteiger partial charge in [-0.15, -0.1) is 11.3 Å². The van der Waals surface area contributed by atoms with Gasteiger partial charge in [0.2, 0.25) is 0 Å². The minimum absolute atomic E-state index is 0.214. The molecular weight excluding hydrogens is 210 g/mol. The predicted octanol–water partition coefficient (Wildman–Crippen LogP) is 2.27. The minimum atomic E-state index is -0.310. The molecule has 0 aliphatic carbocycles. The van der Waals surface area contributed by atoms with Crippen LogP contribution in [0.1, 0.15) is 29.8 Å². The molecule has 1 N–H and O–H groups in total. The van der Waals surface area contributed by atoms with E-state index in [4.69, 9.17) is 4.74 Å². The Morgan fingerprint density at radius 2 is 2.40 bits per heavy atom. The molecule has 0 amide bonds. The van der Waals surface area contributed by atoms with Crippen LogP contribution >= 0.6 is 11.3 Å². The van der Waals surface area contributed by atoms with E-state index in [1.165, 1.54) is 7.11 Å². The first-order valence-corrected chi connectivity index (χ1v) is 5.93. The molecule has 0 fully saturated rings. The van der Waals surface area contributed by atoms with E-state index in [0.717, 1.165) is 23.4 Å². The van der Waals surface area contributed by atoms with E-state index in [1.807, 2.05) is 18.4 Å². The Morgan fingerprint density at radius 3 is 2.87 bits per heavy atom. The fraction of sp³-hybridized carbons (Fsp3) is 0.545. The summed E-state index contributed by atoms with van der Waals surface area (Å²) in [5.74, 6) is -0.214. The van der Waals surface area contributed by atoms with Gasteiger partial charge in [0, 0.05) is 4.88 Å². The van der Waals surface area contributed by atoms with E-state index in [0.29, 0.717) is 0 Å². The SMILES string of the molecule is CCCNC(C(=O)OC)c1sccc1C. The quantitative estimate of drug-likeness (QED) is 0.784. The molecule has 0 bridgehead atoms. The first-order chi connectivity index (χ1) is 7.20. The smallest absolute Gasteiger partial charge is 0.328 e. The van der Waals surface area contributed by atoms with Crippen LogP contribution in [-0.2, 0) is 9.53 Å². The molecular formula is C11H17NO2S. The van der Waals surface area contributed by atoms with E-state index in [9.17, 15) is 4.79 Å². The molecule has 0 aliphatic heterocycles. The number of esters is 1. The van der Waals surface area contributed by atoms with Crippen LogP contribution in [-0.4, -0.2) is 19.6 Å². The van der Waals surface area contributed by atoms with Crippen LogP contribution in [0.5, 0.6) is 0 Å². The Morgan fingerprint density at radius 1 is 1.67 bits per heavy atom. The summed E-state index contributed by atoms with van der Waals surface area (Å²) in [6.45, 7) is 4.90. The number of carbonyl (C=O) groups excluding carboxylic acids is 1. The van der Waals surface area contributed by atoms with Gasteiger partial charge in [-0.1, -0.05) is 6.92 Å². The van der Waals surface area contributed by atoms with Crippen molar-refractivity contribution >= 4 is 17.3 Å². The van der Waals surface area contributed by atoms with E-state index in [2.05, 4.69) is 12.2 Å². The van der Waals surface area contributed by atoms with Gasteiger partial charge in [-0.2, -0.15) is 0 Å². The molecule has 0 spiro atoms. The van der Waals surface area contributed by atoms with Gasteiger partial charge < -0.3 is 10.1 Å². The van der Waals surface area contributed by atoms with Crippen molar-refractivity contribution in [1.29, 1.82) is 0 Å². The van der Waals surface area contributed by atoms with Crippen molar-refractivity contribution in [2.24, 2.45) is 0 Å². The number of nitrogens with one attached hydrogen (secondary N) is 1. The Balaban J connectivity index is 2.81. The second kappa shape index (κ2) is 5.88. The molecule has 0 aromatic carbocycles. The van der Waals surface area contributed by atoms with E-state index < -0.39 is 0 Å². The van der Waals surface area contributed by atoms with Gasteiger partial charge in [-0.25, -0.2) is 4.79 Å². The maximum absolute atomic E-state index is 11.6. The number of hydrogen-bond donors (Lipinski definition) is 1. The largest absolute Gasteiger partial charge is 0.468 e. The van der Waals surface area contributed by atoms with Gasteiger partial charge in [0.05, 0.1) is 7.11 Å². The van der Waals surface area contributed by atoms with Gasteiger partial charge in [0.1, 0.15) is 6.04 Å². The van der Waals surface area contributed by atoms with Gasteiger partial charge in [-0.05, 0) is 36.9 Å². The van der Waals surface area contributed by atoms with E-state index in [1.54, 1.807) is 11.3 Å². The van der Waals surface area contributed by atoms with Crippen LogP contribution in [0.3, 0.4) is 0 Å². The second-order valence-electron chi connectivity index (χ2n) is 3.38. The minimum Gasteiger partial charge on any atom is -0.468 e. The Hall–Kier alpha value is -0.870. The number of rotatable bonds is 5. The summed E-state index contributed by atoms with van der Waals surface area (Å²) < 4.78 is 4.79. The normalized spacial score (nSPS) is 12.5. The number of aryl methyl sites for hydroxylation is 1. The molecule has 15 heavy (non-hydrogen) atoms. The summed E-state index contributed by atoms with van der Waals surface area (Å²) in [5.41, 5.74) is 1.14. The lowest BCUT2D eigenvalue weighted by atomic mass is 10.1. The number of methoxy groups -OCH3 is 1. The molecule has 84 valence electrons. The Labute approximate surface area is 94.5 Å². The summed E-state index contributed by atoms with van der Waals surface area (Å²) in [4.78, 5) is 12.6. The highest BCUT2D eigenvalue weighted by atomic mass is 32.1. The predicted molar refractivity (Wildman–Crippen MR) is 62.1 cm³/mol. The maximum atomic E-state index is 11.6. The van der Waals surface area contributed by atoms with Crippen molar-refractivity contribution in [3.05, 3.63) is 21.9 Å². The average Bonchev–Trinajstić information content (AvgIpc) is 2.65. The standard InChI is InChI=1S/C11H17NO2S/c1-4-6-12-9(11(13)14-3)10-8(2)5-7-15-10/h5,7,9,12H,4,6H2,1-3H3. The van der Waals surface area contributed by atoms with Crippen LogP contribution in [0.2, 0.25) is 0 Å².